The lowest BCUT2D eigenvalue weighted by Crippen LogP contribution is -2.13. The van der Waals surface area contributed by atoms with Crippen LogP contribution in [0.3, 0.4) is 0 Å². The molecule has 0 unspecified atom stereocenters. The number of hydrogen-bond donors (Lipinski definition) is 2. The van der Waals surface area contributed by atoms with Crippen LogP contribution >= 0.6 is 15.9 Å². The van der Waals surface area contributed by atoms with E-state index in [1.54, 1.807) is 29.2 Å². The molecule has 2 aromatic heterocycles. The molecule has 0 saturated heterocycles. The van der Waals surface area contributed by atoms with Crippen molar-refractivity contribution >= 4 is 38.7 Å². The van der Waals surface area contributed by atoms with Crippen LogP contribution in [0.25, 0.3) is 5.52 Å². The number of carbonyl (C=O) groups excluding carboxylic acids is 1. The Kier molecular flexibility index (Phi) is 3.34. The molecule has 0 aliphatic heterocycles. The highest BCUT2D eigenvalue weighted by molar-refractivity contribution is 9.10. The van der Waals surface area contributed by atoms with E-state index in [0.29, 0.717) is 22.5 Å². The summed E-state index contributed by atoms with van der Waals surface area (Å²) in [5.41, 5.74) is 9.10. The lowest BCUT2D eigenvalue weighted by molar-refractivity contribution is 0.102. The number of hydrogen-bond acceptors (Lipinski definition) is 4. The van der Waals surface area contributed by atoms with Crippen LogP contribution in [0.2, 0.25) is 0 Å². The number of halogens is 1. The molecular formula is C14H12BrN5O. The number of nitrogens with zero attached hydrogens (tertiary/aromatic N) is 3. The number of aryl methyl sites for hydroxylation is 1. The quantitative estimate of drug-likeness (QED) is 0.699. The van der Waals surface area contributed by atoms with Gasteiger partial charge in [0.05, 0.1) is 34.8 Å². The van der Waals surface area contributed by atoms with E-state index < -0.39 is 0 Å². The summed E-state index contributed by atoms with van der Waals surface area (Å²) < 4.78 is 2.33. The predicted molar refractivity (Wildman–Crippen MR) is 84.2 cm³/mol. The zero-order chi connectivity index (χ0) is 15.0. The Labute approximate surface area is 129 Å². The summed E-state index contributed by atoms with van der Waals surface area (Å²) in [6.07, 6.45) is 6.39. The number of benzene rings is 1. The van der Waals surface area contributed by atoms with Gasteiger partial charge in [-0.2, -0.15) is 5.10 Å². The van der Waals surface area contributed by atoms with Gasteiger partial charge < -0.3 is 11.1 Å². The Morgan fingerprint density at radius 1 is 1.38 bits per heavy atom. The third-order valence-corrected chi connectivity index (χ3v) is 3.70. The molecule has 0 atom stereocenters. The van der Waals surface area contributed by atoms with Crippen molar-refractivity contribution < 1.29 is 4.79 Å². The van der Waals surface area contributed by atoms with Crippen LogP contribution in [0.5, 0.6) is 0 Å². The van der Waals surface area contributed by atoms with Crippen LogP contribution in [-0.2, 0) is 0 Å². The molecule has 0 saturated carbocycles. The summed E-state index contributed by atoms with van der Waals surface area (Å²) in [5.74, 6) is -0.283. The number of nitrogens with one attached hydrogen (secondary N) is 1. The highest BCUT2D eigenvalue weighted by Crippen LogP contribution is 2.30. The second-order valence-corrected chi connectivity index (χ2v) is 5.48. The van der Waals surface area contributed by atoms with Gasteiger partial charge in [-0.15, -0.1) is 0 Å². The van der Waals surface area contributed by atoms with Crippen LogP contribution in [0.15, 0.2) is 41.4 Å². The number of amides is 1. The first-order valence-electron chi connectivity index (χ1n) is 6.20. The number of fused-ring (bicyclic) bond motifs is 1. The van der Waals surface area contributed by atoms with Gasteiger partial charge in [0, 0.05) is 16.9 Å². The van der Waals surface area contributed by atoms with Crippen molar-refractivity contribution in [1.82, 2.24) is 14.6 Å². The molecule has 0 fully saturated rings. The first-order chi connectivity index (χ1) is 10.1. The number of carbonyl (C=O) groups is 1. The van der Waals surface area contributed by atoms with Gasteiger partial charge in [0.2, 0.25) is 0 Å². The molecule has 3 aromatic rings. The molecule has 1 amide bonds. The van der Waals surface area contributed by atoms with Crippen molar-refractivity contribution in [3.05, 3.63) is 52.5 Å². The molecular weight excluding hydrogens is 334 g/mol. The van der Waals surface area contributed by atoms with Crippen molar-refractivity contribution in [3.63, 3.8) is 0 Å². The van der Waals surface area contributed by atoms with Crippen molar-refractivity contribution in [2.24, 2.45) is 0 Å². The van der Waals surface area contributed by atoms with E-state index in [-0.39, 0.29) is 5.91 Å². The summed E-state index contributed by atoms with van der Waals surface area (Å²) in [7, 11) is 0. The summed E-state index contributed by atoms with van der Waals surface area (Å²) in [6, 6.07) is 3.70. The van der Waals surface area contributed by atoms with Gasteiger partial charge in [-0.25, -0.2) is 4.52 Å². The molecule has 0 aliphatic carbocycles. The lowest BCUT2D eigenvalue weighted by atomic mass is 10.2. The number of nitrogens with two attached hydrogens (primary N) is 1. The number of rotatable bonds is 2. The Balaban J connectivity index is 1.97. The van der Waals surface area contributed by atoms with E-state index in [2.05, 4.69) is 31.3 Å². The number of nitrogen functional groups attached to an aromatic ring is 1. The maximum absolute atomic E-state index is 12.4. The molecule has 2 heterocycles. The summed E-state index contributed by atoms with van der Waals surface area (Å²) in [4.78, 5) is 16.4. The van der Waals surface area contributed by atoms with Crippen molar-refractivity contribution in [1.29, 1.82) is 0 Å². The lowest BCUT2D eigenvalue weighted by Gasteiger charge is -2.11. The fraction of sp³-hybridized carbons (Fsp3) is 0.0714. The average Bonchev–Trinajstić information content (AvgIpc) is 2.86. The third kappa shape index (κ3) is 2.47. The normalized spacial score (nSPS) is 10.8. The molecule has 3 rings (SSSR count). The average molecular weight is 346 g/mol. The second-order valence-electron chi connectivity index (χ2n) is 4.63. The summed E-state index contributed by atoms with van der Waals surface area (Å²) in [6.45, 7) is 1.93. The predicted octanol–water partition coefficient (Wildman–Crippen LogP) is 2.63. The van der Waals surface area contributed by atoms with E-state index >= 15 is 0 Å². The highest BCUT2D eigenvalue weighted by atomic mass is 79.9. The minimum absolute atomic E-state index is 0.283. The van der Waals surface area contributed by atoms with E-state index in [1.807, 2.05) is 13.0 Å². The SMILES string of the molecule is Cc1cc(N)c(NC(=O)c2cnn3ccncc23)c(Br)c1. The maximum atomic E-state index is 12.4. The largest absolute Gasteiger partial charge is 0.397 e. The van der Waals surface area contributed by atoms with E-state index in [0.717, 1.165) is 10.0 Å². The Hall–Kier alpha value is -2.41. The van der Waals surface area contributed by atoms with Crippen molar-refractivity contribution in [2.75, 3.05) is 11.1 Å². The van der Waals surface area contributed by atoms with Crippen LogP contribution < -0.4 is 11.1 Å². The molecule has 6 nitrogen and oxygen atoms in total. The van der Waals surface area contributed by atoms with E-state index in [9.17, 15) is 4.79 Å². The van der Waals surface area contributed by atoms with E-state index in [4.69, 9.17) is 5.73 Å². The zero-order valence-electron chi connectivity index (χ0n) is 11.2. The standard InChI is InChI=1S/C14H12BrN5O/c1-8-4-10(15)13(11(16)5-8)19-14(21)9-6-18-20-3-2-17-7-12(9)20/h2-7H,16H2,1H3,(H,19,21). The molecule has 0 radical (unpaired) electrons. The smallest absolute Gasteiger partial charge is 0.259 e. The van der Waals surface area contributed by atoms with Gasteiger partial charge in [0.15, 0.2) is 0 Å². The Morgan fingerprint density at radius 3 is 2.95 bits per heavy atom. The van der Waals surface area contributed by atoms with Crippen molar-refractivity contribution in [3.8, 4) is 0 Å². The molecule has 0 bridgehead atoms. The van der Waals surface area contributed by atoms with E-state index in [1.165, 1.54) is 6.20 Å². The topological polar surface area (TPSA) is 85.3 Å². The Morgan fingerprint density at radius 2 is 2.19 bits per heavy atom. The van der Waals surface area contributed by atoms with Crippen LogP contribution in [0.1, 0.15) is 15.9 Å². The molecule has 106 valence electrons. The van der Waals surface area contributed by atoms with Crippen LogP contribution in [-0.4, -0.2) is 20.5 Å². The third-order valence-electron chi connectivity index (χ3n) is 3.07. The van der Waals surface area contributed by atoms with Crippen LogP contribution in [0.4, 0.5) is 11.4 Å². The monoisotopic (exact) mass is 345 g/mol. The van der Waals surface area contributed by atoms with Crippen LogP contribution in [0, 0.1) is 6.92 Å². The van der Waals surface area contributed by atoms with Gasteiger partial charge in [0.1, 0.15) is 0 Å². The number of anilines is 2. The molecule has 3 N–H and O–H groups in total. The second kappa shape index (κ2) is 5.17. The minimum atomic E-state index is -0.283. The number of aromatic nitrogens is 3. The molecule has 7 heteroatoms. The fourth-order valence-electron chi connectivity index (χ4n) is 2.09. The first-order valence-corrected chi connectivity index (χ1v) is 7.00. The maximum Gasteiger partial charge on any atom is 0.259 e. The Bertz CT molecular complexity index is 819. The molecule has 21 heavy (non-hydrogen) atoms. The first kappa shape index (κ1) is 13.6. The molecule has 0 spiro atoms. The zero-order valence-corrected chi connectivity index (χ0v) is 12.8. The fourth-order valence-corrected chi connectivity index (χ4v) is 2.78. The van der Waals surface area contributed by atoms with Gasteiger partial charge in [-0.1, -0.05) is 0 Å². The minimum Gasteiger partial charge on any atom is -0.397 e. The summed E-state index contributed by atoms with van der Waals surface area (Å²) in [5, 5.41) is 6.92. The summed E-state index contributed by atoms with van der Waals surface area (Å²) >= 11 is 3.41. The molecule has 0 aliphatic rings. The van der Waals surface area contributed by atoms with Gasteiger partial charge in [-0.05, 0) is 40.5 Å². The van der Waals surface area contributed by atoms with Crippen molar-refractivity contribution in [2.45, 2.75) is 6.92 Å². The van der Waals surface area contributed by atoms with Gasteiger partial charge in [-0.3, -0.25) is 9.78 Å². The van der Waals surface area contributed by atoms with Gasteiger partial charge in [0.25, 0.3) is 5.91 Å². The van der Waals surface area contributed by atoms with Gasteiger partial charge >= 0.3 is 0 Å². The highest BCUT2D eigenvalue weighted by Gasteiger charge is 2.15. The molecule has 1 aromatic carbocycles.